The number of para-hydroxylation sites is 1. The highest BCUT2D eigenvalue weighted by Crippen LogP contribution is 2.22. The third kappa shape index (κ3) is 5.59. The van der Waals surface area contributed by atoms with Crippen molar-refractivity contribution in [3.63, 3.8) is 0 Å². The Morgan fingerprint density at radius 3 is 2.62 bits per heavy atom. The molecule has 1 heterocycles. The molecule has 0 saturated carbocycles. The van der Waals surface area contributed by atoms with Crippen LogP contribution < -0.4 is 10.1 Å². The Bertz CT molecular complexity index is 842. The van der Waals surface area contributed by atoms with Crippen molar-refractivity contribution in [1.29, 1.82) is 0 Å². The van der Waals surface area contributed by atoms with E-state index in [1.165, 1.54) is 0 Å². The molecule has 1 aliphatic heterocycles. The largest absolute Gasteiger partial charge is 0.493 e. The van der Waals surface area contributed by atoms with E-state index in [-0.39, 0.29) is 11.8 Å². The number of nitrogens with one attached hydrogen (secondary N) is 1. The molecule has 0 radical (unpaired) electrons. The second-order valence-corrected chi connectivity index (χ2v) is 7.71. The van der Waals surface area contributed by atoms with Crippen molar-refractivity contribution < 1.29 is 14.3 Å². The summed E-state index contributed by atoms with van der Waals surface area (Å²) in [6.45, 7) is 6.49. The molecule has 154 valence electrons. The zero-order valence-electron chi connectivity index (χ0n) is 17.3. The van der Waals surface area contributed by atoms with Gasteiger partial charge < -0.3 is 15.0 Å². The number of amides is 2. The minimum atomic E-state index is -0.242. The van der Waals surface area contributed by atoms with E-state index in [0.717, 1.165) is 38.8 Å². The number of hydrogen-bond donors (Lipinski definition) is 1. The van der Waals surface area contributed by atoms with Crippen molar-refractivity contribution in [2.75, 3.05) is 25.0 Å². The van der Waals surface area contributed by atoms with Crippen LogP contribution in [-0.4, -0.2) is 36.4 Å². The number of hydrogen-bond acceptors (Lipinski definition) is 3. The second kappa shape index (κ2) is 10.1. The molecule has 0 aliphatic carbocycles. The van der Waals surface area contributed by atoms with Gasteiger partial charge in [0.15, 0.2) is 0 Å². The van der Waals surface area contributed by atoms with Crippen LogP contribution in [0, 0.1) is 5.92 Å². The number of ether oxygens (including phenoxy) is 1. The molecular formula is C24H30N2O3. The predicted octanol–water partition coefficient (Wildman–Crippen LogP) is 4.99. The van der Waals surface area contributed by atoms with Gasteiger partial charge in [-0.05, 0) is 55.5 Å². The second-order valence-electron chi connectivity index (χ2n) is 7.71. The van der Waals surface area contributed by atoms with Crippen molar-refractivity contribution in [1.82, 2.24) is 4.90 Å². The van der Waals surface area contributed by atoms with Gasteiger partial charge in [0.25, 0.3) is 11.8 Å². The number of anilines is 1. The lowest BCUT2D eigenvalue weighted by atomic mass is 9.98. The van der Waals surface area contributed by atoms with Gasteiger partial charge in [-0.2, -0.15) is 0 Å². The van der Waals surface area contributed by atoms with Gasteiger partial charge in [0, 0.05) is 24.3 Å². The zero-order valence-corrected chi connectivity index (χ0v) is 17.3. The highest BCUT2D eigenvalue weighted by atomic mass is 16.5. The van der Waals surface area contributed by atoms with Crippen LogP contribution in [0.4, 0.5) is 5.69 Å². The minimum Gasteiger partial charge on any atom is -0.493 e. The lowest BCUT2D eigenvalue weighted by Crippen LogP contribution is -2.37. The van der Waals surface area contributed by atoms with Crippen LogP contribution >= 0.6 is 0 Å². The standard InChI is InChI=1S/C24H30N2O3/c1-3-4-16-29-22-11-6-5-10-21(22)23(27)25-20-9-7-8-19(17-20)24(28)26-14-12-18(2)13-15-26/h5-11,17-18H,3-4,12-16H2,1-2H3,(H,25,27). The average Bonchev–Trinajstić information content (AvgIpc) is 2.74. The Hall–Kier alpha value is -2.82. The molecule has 0 unspecified atom stereocenters. The summed E-state index contributed by atoms with van der Waals surface area (Å²) in [5, 5.41) is 2.90. The van der Waals surface area contributed by atoms with Gasteiger partial charge in [0.1, 0.15) is 5.75 Å². The molecule has 2 aromatic carbocycles. The Morgan fingerprint density at radius 2 is 1.86 bits per heavy atom. The first-order chi connectivity index (χ1) is 14.1. The molecule has 1 fully saturated rings. The molecule has 5 heteroatoms. The van der Waals surface area contributed by atoms with E-state index in [4.69, 9.17) is 4.74 Å². The van der Waals surface area contributed by atoms with E-state index < -0.39 is 0 Å². The first-order valence-electron chi connectivity index (χ1n) is 10.5. The molecule has 1 aliphatic rings. The third-order valence-electron chi connectivity index (χ3n) is 5.33. The SMILES string of the molecule is CCCCOc1ccccc1C(=O)Nc1cccc(C(=O)N2CCC(C)CC2)c1. The smallest absolute Gasteiger partial charge is 0.259 e. The molecule has 0 aromatic heterocycles. The van der Waals surface area contributed by atoms with E-state index in [9.17, 15) is 9.59 Å². The Kier molecular flexibility index (Phi) is 7.28. The summed E-state index contributed by atoms with van der Waals surface area (Å²) >= 11 is 0. The lowest BCUT2D eigenvalue weighted by molar-refractivity contribution is 0.0697. The highest BCUT2D eigenvalue weighted by molar-refractivity contribution is 6.06. The van der Waals surface area contributed by atoms with Crippen molar-refractivity contribution in [2.24, 2.45) is 5.92 Å². The Morgan fingerprint density at radius 1 is 1.10 bits per heavy atom. The van der Waals surface area contributed by atoms with Crippen molar-refractivity contribution >= 4 is 17.5 Å². The fraction of sp³-hybridized carbons (Fsp3) is 0.417. The monoisotopic (exact) mass is 394 g/mol. The molecule has 1 saturated heterocycles. The van der Waals surface area contributed by atoms with Crippen molar-refractivity contribution in [2.45, 2.75) is 39.5 Å². The fourth-order valence-corrected chi connectivity index (χ4v) is 3.43. The summed E-state index contributed by atoms with van der Waals surface area (Å²) in [5.74, 6) is 1.03. The van der Waals surface area contributed by atoms with Gasteiger partial charge in [0.05, 0.1) is 12.2 Å². The summed E-state index contributed by atoms with van der Waals surface area (Å²) in [5.41, 5.74) is 1.70. The van der Waals surface area contributed by atoms with Gasteiger partial charge in [0.2, 0.25) is 0 Å². The van der Waals surface area contributed by atoms with Gasteiger partial charge in [-0.1, -0.05) is 38.5 Å². The number of carbonyl (C=O) groups excluding carboxylic acids is 2. The number of unbranched alkanes of at least 4 members (excludes halogenated alkanes) is 1. The first kappa shape index (κ1) is 20.9. The Balaban J connectivity index is 1.69. The molecule has 0 atom stereocenters. The molecule has 0 bridgehead atoms. The van der Waals surface area contributed by atoms with Crippen LogP contribution in [0.25, 0.3) is 0 Å². The average molecular weight is 395 g/mol. The molecular weight excluding hydrogens is 364 g/mol. The first-order valence-corrected chi connectivity index (χ1v) is 10.5. The summed E-state index contributed by atoms with van der Waals surface area (Å²) in [6, 6.07) is 14.4. The number of nitrogens with zero attached hydrogens (tertiary/aromatic N) is 1. The van der Waals surface area contributed by atoms with E-state index >= 15 is 0 Å². The third-order valence-corrected chi connectivity index (χ3v) is 5.33. The van der Waals surface area contributed by atoms with Gasteiger partial charge in [-0.15, -0.1) is 0 Å². The van der Waals surface area contributed by atoms with Crippen LogP contribution in [0.2, 0.25) is 0 Å². The summed E-state index contributed by atoms with van der Waals surface area (Å²) in [4.78, 5) is 27.5. The molecule has 1 N–H and O–H groups in total. The van der Waals surface area contributed by atoms with Crippen LogP contribution in [0.5, 0.6) is 5.75 Å². The summed E-state index contributed by atoms with van der Waals surface area (Å²) in [7, 11) is 0. The minimum absolute atomic E-state index is 0.0244. The van der Waals surface area contributed by atoms with E-state index in [1.54, 1.807) is 30.3 Å². The topological polar surface area (TPSA) is 58.6 Å². The van der Waals surface area contributed by atoms with Crippen molar-refractivity contribution in [3.8, 4) is 5.75 Å². The highest BCUT2D eigenvalue weighted by Gasteiger charge is 2.22. The van der Waals surface area contributed by atoms with Gasteiger partial charge in [-0.3, -0.25) is 9.59 Å². The lowest BCUT2D eigenvalue weighted by Gasteiger charge is -2.30. The van der Waals surface area contributed by atoms with Crippen LogP contribution in [0.1, 0.15) is 60.2 Å². The fourth-order valence-electron chi connectivity index (χ4n) is 3.43. The summed E-state index contributed by atoms with van der Waals surface area (Å²) < 4.78 is 5.76. The van der Waals surface area contributed by atoms with Crippen LogP contribution in [0.15, 0.2) is 48.5 Å². The number of likely N-dealkylation sites (tertiary alicyclic amines) is 1. The molecule has 2 amide bonds. The predicted molar refractivity (Wildman–Crippen MR) is 116 cm³/mol. The molecule has 2 aromatic rings. The molecule has 0 spiro atoms. The van der Waals surface area contributed by atoms with Gasteiger partial charge >= 0.3 is 0 Å². The number of carbonyl (C=O) groups is 2. The summed E-state index contributed by atoms with van der Waals surface area (Å²) in [6.07, 6.45) is 4.05. The van der Waals surface area contributed by atoms with Gasteiger partial charge in [-0.25, -0.2) is 0 Å². The molecule has 5 nitrogen and oxygen atoms in total. The van der Waals surface area contributed by atoms with Crippen LogP contribution in [-0.2, 0) is 0 Å². The number of rotatable bonds is 7. The van der Waals surface area contributed by atoms with E-state index in [0.29, 0.717) is 35.1 Å². The normalized spacial score (nSPS) is 14.5. The quantitative estimate of drug-likeness (QED) is 0.673. The number of benzene rings is 2. The molecule has 29 heavy (non-hydrogen) atoms. The van der Waals surface area contributed by atoms with Crippen LogP contribution in [0.3, 0.4) is 0 Å². The maximum atomic E-state index is 12.8. The van der Waals surface area contributed by atoms with Crippen molar-refractivity contribution in [3.05, 3.63) is 59.7 Å². The van der Waals surface area contributed by atoms with E-state index in [2.05, 4.69) is 19.2 Å². The molecule has 3 rings (SSSR count). The zero-order chi connectivity index (χ0) is 20.6. The maximum absolute atomic E-state index is 12.8. The van der Waals surface area contributed by atoms with E-state index in [1.807, 2.05) is 23.1 Å². The Labute approximate surface area is 173 Å². The maximum Gasteiger partial charge on any atom is 0.259 e. The number of piperidine rings is 1.